The summed E-state index contributed by atoms with van der Waals surface area (Å²) in [6.45, 7) is 11.5. The van der Waals surface area contributed by atoms with Gasteiger partial charge in [0.2, 0.25) is 5.78 Å². The van der Waals surface area contributed by atoms with Gasteiger partial charge in [-0.2, -0.15) is 0 Å². The Morgan fingerprint density at radius 2 is 1.85 bits per heavy atom. The summed E-state index contributed by atoms with van der Waals surface area (Å²) in [4.78, 5) is 31.7. The highest BCUT2D eigenvalue weighted by molar-refractivity contribution is 6.41. The number of methoxy groups -OCH3 is 1. The second-order valence-corrected chi connectivity index (χ2v) is 15.3. The molecule has 0 spiro atoms. The number of benzene rings is 1. The van der Waals surface area contributed by atoms with Gasteiger partial charge in [-0.05, 0) is 124 Å². The predicted octanol–water partition coefficient (Wildman–Crippen LogP) is 7.19. The first-order valence-electron chi connectivity index (χ1n) is 18.5. The molecule has 6 aliphatic heterocycles. The van der Waals surface area contributed by atoms with Gasteiger partial charge in [0.1, 0.15) is 5.75 Å². The molecule has 7 nitrogen and oxygen atoms in total. The molecular formula is C40H52N4O3. The standard InChI is InChI=1S/C40H52N4O3/c1-5-39-14-7-17-41-32(22-27-12-20-42(37(27)39)18-8-15-39)31(24-35(46)26(3)45)34-25-40(6-2)16-9-19-43-21-13-29-30-23-28(47-4)10-11-33(30)44(34)36(29)38(40)43/h10-11,22-24,34,38,41H,5-9,12-21,25H2,1-4H3/b31-24+,32-22-. The average molecular weight is 637 g/mol. The van der Waals surface area contributed by atoms with Crippen LogP contribution >= 0.6 is 0 Å². The van der Waals surface area contributed by atoms with Gasteiger partial charge in [-0.3, -0.25) is 14.5 Å². The van der Waals surface area contributed by atoms with E-state index in [4.69, 9.17) is 4.74 Å². The Labute approximate surface area is 280 Å². The van der Waals surface area contributed by atoms with E-state index in [9.17, 15) is 9.59 Å². The molecule has 0 bridgehead atoms. The van der Waals surface area contributed by atoms with E-state index in [1.165, 1.54) is 73.2 Å². The minimum absolute atomic E-state index is 0.0582. The molecule has 6 aliphatic rings. The second kappa shape index (κ2) is 11.7. The van der Waals surface area contributed by atoms with Gasteiger partial charge in [-0.1, -0.05) is 13.8 Å². The van der Waals surface area contributed by atoms with E-state index in [0.29, 0.717) is 6.04 Å². The number of piperidine rings is 2. The van der Waals surface area contributed by atoms with Crippen LogP contribution < -0.4 is 10.1 Å². The number of ether oxygens (including phenoxy) is 1. The monoisotopic (exact) mass is 636 g/mol. The molecule has 2 fully saturated rings. The highest BCUT2D eigenvalue weighted by atomic mass is 16.5. The number of carbonyl (C=O) groups excluding carboxylic acids is 2. The van der Waals surface area contributed by atoms with Crippen molar-refractivity contribution in [3.05, 3.63) is 64.1 Å². The first-order valence-corrected chi connectivity index (χ1v) is 18.5. The third-order valence-corrected chi connectivity index (χ3v) is 13.2. The summed E-state index contributed by atoms with van der Waals surface area (Å²) < 4.78 is 8.35. The zero-order valence-corrected chi connectivity index (χ0v) is 28.9. The zero-order valence-electron chi connectivity index (χ0n) is 28.9. The average Bonchev–Trinajstić information content (AvgIpc) is 3.68. The fourth-order valence-corrected chi connectivity index (χ4v) is 11.0. The number of nitrogens with one attached hydrogen (secondary N) is 1. The Morgan fingerprint density at radius 1 is 1.02 bits per heavy atom. The van der Waals surface area contributed by atoms with Crippen molar-refractivity contribution in [2.45, 2.75) is 103 Å². The molecule has 4 unspecified atom stereocenters. The van der Waals surface area contributed by atoms with Crippen molar-refractivity contribution in [2.24, 2.45) is 10.8 Å². The van der Waals surface area contributed by atoms with E-state index in [-0.39, 0.29) is 16.9 Å². The third kappa shape index (κ3) is 4.69. The number of hydrogen-bond acceptors (Lipinski definition) is 6. The number of nitrogens with zero attached hydrogens (tertiary/aromatic N) is 3. The smallest absolute Gasteiger partial charge is 0.221 e. The van der Waals surface area contributed by atoms with Crippen LogP contribution in [0.3, 0.4) is 0 Å². The Hall–Kier alpha value is -3.32. The maximum Gasteiger partial charge on any atom is 0.221 e. The molecule has 7 heterocycles. The third-order valence-electron chi connectivity index (χ3n) is 13.2. The van der Waals surface area contributed by atoms with Gasteiger partial charge in [0.15, 0.2) is 5.78 Å². The highest BCUT2D eigenvalue weighted by Crippen LogP contribution is 2.61. The molecule has 1 aromatic heterocycles. The van der Waals surface area contributed by atoms with Crippen LogP contribution in [0.15, 0.2) is 52.9 Å². The van der Waals surface area contributed by atoms with E-state index in [2.05, 4.69) is 57.8 Å². The van der Waals surface area contributed by atoms with Crippen molar-refractivity contribution >= 4 is 22.5 Å². The first kappa shape index (κ1) is 31.0. The first-order chi connectivity index (χ1) is 22.8. The molecule has 47 heavy (non-hydrogen) atoms. The Morgan fingerprint density at radius 3 is 2.64 bits per heavy atom. The fourth-order valence-electron chi connectivity index (χ4n) is 11.0. The van der Waals surface area contributed by atoms with Gasteiger partial charge < -0.3 is 19.5 Å². The van der Waals surface area contributed by atoms with Crippen molar-refractivity contribution in [3.8, 4) is 5.75 Å². The minimum atomic E-state index is -0.404. The Balaban J connectivity index is 1.38. The number of carbonyl (C=O) groups is 2. The molecule has 1 aromatic carbocycles. The van der Waals surface area contributed by atoms with E-state index >= 15 is 0 Å². The number of Topliss-reactive ketones (excluding diaryl/α,β-unsaturated/α-hetero) is 1. The lowest BCUT2D eigenvalue weighted by Gasteiger charge is -2.57. The molecular weight excluding hydrogens is 584 g/mol. The zero-order chi connectivity index (χ0) is 32.5. The fraction of sp³-hybridized carbons (Fsp3) is 0.600. The summed E-state index contributed by atoms with van der Waals surface area (Å²) in [5.74, 6) is 0.0820. The molecule has 0 aliphatic carbocycles. The quantitative estimate of drug-likeness (QED) is 0.257. The van der Waals surface area contributed by atoms with Crippen LogP contribution in [0.4, 0.5) is 0 Å². The second-order valence-electron chi connectivity index (χ2n) is 15.3. The number of ketones is 2. The van der Waals surface area contributed by atoms with E-state index in [0.717, 1.165) is 81.8 Å². The van der Waals surface area contributed by atoms with Crippen LogP contribution in [0.25, 0.3) is 10.9 Å². The molecule has 2 saturated heterocycles. The highest BCUT2D eigenvalue weighted by Gasteiger charge is 2.54. The summed E-state index contributed by atoms with van der Waals surface area (Å²) >= 11 is 0. The molecule has 4 atom stereocenters. The molecule has 7 heteroatoms. The Kier molecular flexibility index (Phi) is 7.70. The van der Waals surface area contributed by atoms with Gasteiger partial charge in [-0.15, -0.1) is 0 Å². The van der Waals surface area contributed by atoms with Crippen LogP contribution in [0.2, 0.25) is 0 Å². The van der Waals surface area contributed by atoms with Crippen molar-refractivity contribution in [3.63, 3.8) is 0 Å². The maximum absolute atomic E-state index is 13.6. The number of allylic oxidation sites excluding steroid dienone is 4. The number of rotatable bonds is 7. The predicted molar refractivity (Wildman–Crippen MR) is 186 cm³/mol. The lowest BCUT2D eigenvalue weighted by atomic mass is 9.62. The molecule has 1 N–H and O–H groups in total. The van der Waals surface area contributed by atoms with E-state index in [1.54, 1.807) is 18.9 Å². The van der Waals surface area contributed by atoms with Crippen molar-refractivity contribution in [1.82, 2.24) is 19.7 Å². The Bertz CT molecular complexity index is 1730. The summed E-state index contributed by atoms with van der Waals surface area (Å²) in [5.41, 5.74) is 9.48. The largest absolute Gasteiger partial charge is 0.497 e. The summed E-state index contributed by atoms with van der Waals surface area (Å²) in [6.07, 6.45) is 16.6. The van der Waals surface area contributed by atoms with E-state index in [1.807, 2.05) is 0 Å². The maximum atomic E-state index is 13.6. The van der Waals surface area contributed by atoms with Crippen LogP contribution in [0.5, 0.6) is 5.75 Å². The SMILES string of the molecule is CCC12CCCNC(/C(=C\C(=O)C(C)=O)C3CC4(CC)CCCN5CCc6c(n3c3ccc(OC)cc63)C54)=C\C3=C1N(CCC2)CC3. The molecule has 250 valence electrons. The van der Waals surface area contributed by atoms with Crippen molar-refractivity contribution in [2.75, 3.05) is 39.8 Å². The van der Waals surface area contributed by atoms with Crippen LogP contribution in [0.1, 0.15) is 108 Å². The number of hydrogen-bond donors (Lipinski definition) is 1. The molecule has 0 saturated carbocycles. The summed E-state index contributed by atoms with van der Waals surface area (Å²) in [5, 5.41) is 5.18. The van der Waals surface area contributed by atoms with Gasteiger partial charge >= 0.3 is 0 Å². The van der Waals surface area contributed by atoms with Crippen LogP contribution in [0, 0.1) is 10.8 Å². The van der Waals surface area contributed by atoms with Gasteiger partial charge in [0.25, 0.3) is 0 Å². The van der Waals surface area contributed by atoms with Crippen LogP contribution in [-0.4, -0.2) is 65.8 Å². The summed E-state index contributed by atoms with van der Waals surface area (Å²) in [7, 11) is 1.75. The normalized spacial score (nSPS) is 31.6. The van der Waals surface area contributed by atoms with Gasteiger partial charge in [0.05, 0.1) is 19.2 Å². The molecule has 0 radical (unpaired) electrons. The lowest BCUT2D eigenvalue weighted by Crippen LogP contribution is -2.53. The lowest BCUT2D eigenvalue weighted by molar-refractivity contribution is -0.132. The van der Waals surface area contributed by atoms with Crippen molar-refractivity contribution in [1.29, 1.82) is 0 Å². The molecule has 8 rings (SSSR count). The van der Waals surface area contributed by atoms with Gasteiger partial charge in [0, 0.05) is 72.1 Å². The topological polar surface area (TPSA) is 66.8 Å². The molecule has 2 aromatic rings. The minimum Gasteiger partial charge on any atom is -0.497 e. The molecule has 0 amide bonds. The van der Waals surface area contributed by atoms with Gasteiger partial charge in [-0.25, -0.2) is 0 Å². The van der Waals surface area contributed by atoms with E-state index < -0.39 is 11.6 Å². The number of aromatic nitrogens is 1. The summed E-state index contributed by atoms with van der Waals surface area (Å²) in [6, 6.07) is 6.86. The van der Waals surface area contributed by atoms with Crippen molar-refractivity contribution < 1.29 is 14.3 Å². The van der Waals surface area contributed by atoms with Crippen LogP contribution in [-0.2, 0) is 16.0 Å². The number of fused-ring (bicyclic) bond motifs is 3.